The lowest BCUT2D eigenvalue weighted by Crippen LogP contribution is -2.06. The Morgan fingerprint density at radius 1 is 1.56 bits per heavy atom. The van der Waals surface area contributed by atoms with E-state index in [0.717, 1.165) is 5.69 Å². The van der Waals surface area contributed by atoms with Crippen molar-refractivity contribution in [3.05, 3.63) is 24.0 Å². The topological polar surface area (TPSA) is 83.8 Å². The third-order valence-corrected chi connectivity index (χ3v) is 2.29. The fraction of sp³-hybridized carbons (Fsp3) is 0.300. The molecule has 0 atom stereocenters. The molecule has 0 bridgehead atoms. The van der Waals surface area contributed by atoms with E-state index in [1.165, 1.54) is 6.20 Å². The highest BCUT2D eigenvalue weighted by molar-refractivity contribution is 5.94. The number of hydrogen-bond acceptors (Lipinski definition) is 3. The van der Waals surface area contributed by atoms with Crippen molar-refractivity contribution in [1.29, 1.82) is 0 Å². The van der Waals surface area contributed by atoms with Crippen LogP contribution in [0.4, 0.5) is 0 Å². The van der Waals surface area contributed by atoms with Gasteiger partial charge in [0.2, 0.25) is 0 Å². The zero-order valence-corrected chi connectivity index (χ0v) is 9.01. The third kappa shape index (κ3) is 1.58. The van der Waals surface area contributed by atoms with Gasteiger partial charge in [-0.25, -0.2) is 4.79 Å². The summed E-state index contributed by atoms with van der Waals surface area (Å²) in [5.41, 5.74) is 1.37. The van der Waals surface area contributed by atoms with Crippen LogP contribution >= 0.6 is 0 Å². The van der Waals surface area contributed by atoms with Gasteiger partial charge in [0.1, 0.15) is 5.56 Å². The smallest absolute Gasteiger partial charge is 0.339 e. The maximum atomic E-state index is 11.0. The summed E-state index contributed by atoms with van der Waals surface area (Å²) in [6.45, 7) is 3.96. The predicted molar refractivity (Wildman–Crippen MR) is 57.2 cm³/mol. The van der Waals surface area contributed by atoms with Crippen molar-refractivity contribution < 1.29 is 9.90 Å². The summed E-state index contributed by atoms with van der Waals surface area (Å²) in [4.78, 5) is 11.0. The van der Waals surface area contributed by atoms with Crippen molar-refractivity contribution in [3.8, 4) is 11.4 Å². The number of H-pyrrole nitrogens is 1. The number of nitrogens with one attached hydrogen (secondary N) is 1. The zero-order chi connectivity index (χ0) is 11.7. The lowest BCUT2D eigenvalue weighted by molar-refractivity contribution is 0.0697. The van der Waals surface area contributed by atoms with E-state index in [1.807, 2.05) is 13.8 Å². The van der Waals surface area contributed by atoms with Gasteiger partial charge >= 0.3 is 5.97 Å². The average Bonchev–Trinajstić information content (AvgIpc) is 2.85. The van der Waals surface area contributed by atoms with E-state index in [2.05, 4.69) is 15.3 Å². The second-order valence-corrected chi connectivity index (χ2v) is 3.72. The first kappa shape index (κ1) is 10.4. The highest BCUT2D eigenvalue weighted by Gasteiger charge is 2.18. The Kier molecular flexibility index (Phi) is 2.47. The molecule has 0 saturated heterocycles. The Bertz CT molecular complexity index is 512. The molecule has 0 aromatic carbocycles. The quantitative estimate of drug-likeness (QED) is 0.822. The molecule has 84 valence electrons. The van der Waals surface area contributed by atoms with Crippen LogP contribution in [0.2, 0.25) is 0 Å². The summed E-state index contributed by atoms with van der Waals surface area (Å²) in [6.07, 6.45) is 2.94. The minimum absolute atomic E-state index is 0.155. The summed E-state index contributed by atoms with van der Waals surface area (Å²) >= 11 is 0. The first-order chi connectivity index (χ1) is 7.61. The highest BCUT2D eigenvalue weighted by Crippen LogP contribution is 2.23. The fourth-order valence-corrected chi connectivity index (χ4v) is 1.57. The van der Waals surface area contributed by atoms with Crippen LogP contribution < -0.4 is 0 Å². The molecule has 2 aromatic heterocycles. The molecule has 2 rings (SSSR count). The standard InChI is InChI=1S/C10H12N4O2/c1-6(2)14-8(3-4-12-14)9-7(10(15)16)5-11-13-9/h3-6H,1-2H3,(H,11,13)(H,15,16). The van der Waals surface area contributed by atoms with Crippen molar-refractivity contribution in [2.45, 2.75) is 19.9 Å². The van der Waals surface area contributed by atoms with Crippen LogP contribution in [0.1, 0.15) is 30.2 Å². The van der Waals surface area contributed by atoms with E-state index in [1.54, 1.807) is 16.9 Å². The summed E-state index contributed by atoms with van der Waals surface area (Å²) in [5, 5.41) is 19.6. The lowest BCUT2D eigenvalue weighted by Gasteiger charge is -2.09. The summed E-state index contributed by atoms with van der Waals surface area (Å²) in [7, 11) is 0. The molecular formula is C10H12N4O2. The number of aromatic carboxylic acids is 1. The molecule has 0 fully saturated rings. The van der Waals surface area contributed by atoms with Gasteiger partial charge in [-0.3, -0.25) is 9.78 Å². The minimum Gasteiger partial charge on any atom is -0.478 e. The van der Waals surface area contributed by atoms with Crippen LogP contribution in [0.5, 0.6) is 0 Å². The molecule has 6 heteroatoms. The Hall–Kier alpha value is -2.11. The van der Waals surface area contributed by atoms with Gasteiger partial charge in [0.05, 0.1) is 17.6 Å². The summed E-state index contributed by atoms with van der Waals surface area (Å²) < 4.78 is 1.75. The summed E-state index contributed by atoms with van der Waals surface area (Å²) in [5.74, 6) is -1.000. The molecule has 0 unspecified atom stereocenters. The van der Waals surface area contributed by atoms with Gasteiger partial charge < -0.3 is 5.11 Å². The second-order valence-electron chi connectivity index (χ2n) is 3.72. The Labute approximate surface area is 91.9 Å². The van der Waals surface area contributed by atoms with Gasteiger partial charge in [-0.15, -0.1) is 0 Å². The number of aromatic amines is 1. The van der Waals surface area contributed by atoms with E-state index in [0.29, 0.717) is 5.69 Å². The predicted octanol–water partition coefficient (Wildman–Crippen LogP) is 1.55. The van der Waals surface area contributed by atoms with E-state index in [9.17, 15) is 4.79 Å². The molecular weight excluding hydrogens is 208 g/mol. The van der Waals surface area contributed by atoms with Crippen molar-refractivity contribution in [2.75, 3.05) is 0 Å². The van der Waals surface area contributed by atoms with Crippen LogP contribution in [0, 0.1) is 0 Å². The van der Waals surface area contributed by atoms with Crippen LogP contribution in [0.25, 0.3) is 11.4 Å². The molecule has 6 nitrogen and oxygen atoms in total. The van der Waals surface area contributed by atoms with Crippen molar-refractivity contribution in [2.24, 2.45) is 0 Å². The number of carboxylic acids is 1. The van der Waals surface area contributed by atoms with E-state index >= 15 is 0 Å². The van der Waals surface area contributed by atoms with Crippen molar-refractivity contribution in [1.82, 2.24) is 20.0 Å². The number of rotatable bonds is 3. The van der Waals surface area contributed by atoms with Crippen LogP contribution in [-0.4, -0.2) is 31.1 Å². The Balaban J connectivity index is 2.54. The fourth-order valence-electron chi connectivity index (χ4n) is 1.57. The number of carboxylic acid groups (broad SMARTS) is 1. The largest absolute Gasteiger partial charge is 0.478 e. The van der Waals surface area contributed by atoms with E-state index < -0.39 is 5.97 Å². The molecule has 0 saturated carbocycles. The minimum atomic E-state index is -1.000. The van der Waals surface area contributed by atoms with Gasteiger partial charge in [0.25, 0.3) is 0 Å². The SMILES string of the molecule is CC(C)n1nccc1-c1[nH]ncc1C(=O)O. The molecule has 2 N–H and O–H groups in total. The van der Waals surface area contributed by atoms with Crippen molar-refractivity contribution in [3.63, 3.8) is 0 Å². The van der Waals surface area contributed by atoms with Gasteiger partial charge in [0.15, 0.2) is 0 Å². The molecule has 2 aromatic rings. The first-order valence-corrected chi connectivity index (χ1v) is 4.91. The number of aromatic nitrogens is 4. The van der Waals surface area contributed by atoms with Gasteiger partial charge in [0, 0.05) is 12.2 Å². The maximum absolute atomic E-state index is 11.0. The highest BCUT2D eigenvalue weighted by atomic mass is 16.4. The summed E-state index contributed by atoms with van der Waals surface area (Å²) in [6, 6.07) is 1.93. The Morgan fingerprint density at radius 3 is 2.94 bits per heavy atom. The number of hydrogen-bond donors (Lipinski definition) is 2. The molecule has 0 spiro atoms. The molecule has 16 heavy (non-hydrogen) atoms. The van der Waals surface area contributed by atoms with Gasteiger partial charge in [-0.1, -0.05) is 0 Å². The van der Waals surface area contributed by atoms with Crippen LogP contribution in [0.15, 0.2) is 18.5 Å². The molecule has 0 amide bonds. The Morgan fingerprint density at radius 2 is 2.31 bits per heavy atom. The zero-order valence-electron chi connectivity index (χ0n) is 9.01. The van der Waals surface area contributed by atoms with Crippen LogP contribution in [-0.2, 0) is 0 Å². The average molecular weight is 220 g/mol. The molecule has 2 heterocycles. The number of nitrogens with zero attached hydrogens (tertiary/aromatic N) is 3. The van der Waals surface area contributed by atoms with E-state index in [-0.39, 0.29) is 11.6 Å². The normalized spacial score (nSPS) is 10.9. The monoisotopic (exact) mass is 220 g/mol. The number of carbonyl (C=O) groups is 1. The van der Waals surface area contributed by atoms with Gasteiger partial charge in [-0.05, 0) is 19.9 Å². The molecule has 0 aliphatic rings. The molecule has 0 radical (unpaired) electrons. The van der Waals surface area contributed by atoms with E-state index in [4.69, 9.17) is 5.11 Å². The van der Waals surface area contributed by atoms with Gasteiger partial charge in [-0.2, -0.15) is 10.2 Å². The first-order valence-electron chi connectivity index (χ1n) is 4.91. The lowest BCUT2D eigenvalue weighted by atomic mass is 10.2. The van der Waals surface area contributed by atoms with Crippen LogP contribution in [0.3, 0.4) is 0 Å². The third-order valence-electron chi connectivity index (χ3n) is 2.29. The second kappa shape index (κ2) is 3.80. The maximum Gasteiger partial charge on any atom is 0.339 e. The molecule has 0 aliphatic carbocycles. The van der Waals surface area contributed by atoms with Crippen molar-refractivity contribution >= 4 is 5.97 Å². The molecule has 0 aliphatic heterocycles.